The van der Waals surface area contributed by atoms with Crippen molar-refractivity contribution in [1.29, 1.82) is 0 Å². The molecule has 1 aromatic heterocycles. The Bertz CT molecular complexity index is 410. The van der Waals surface area contributed by atoms with Crippen molar-refractivity contribution in [2.75, 3.05) is 6.54 Å². The number of nitrogens with zero attached hydrogens (tertiary/aromatic N) is 2. The Morgan fingerprint density at radius 3 is 3.00 bits per heavy atom. The van der Waals surface area contributed by atoms with Gasteiger partial charge in [0.1, 0.15) is 6.23 Å². The molecule has 1 atom stereocenters. The molecule has 0 saturated carbocycles. The van der Waals surface area contributed by atoms with Crippen LogP contribution < -0.4 is 5.73 Å². The monoisotopic (exact) mass is 177 g/mol. The zero-order chi connectivity index (χ0) is 9.26. The van der Waals surface area contributed by atoms with E-state index in [1.807, 2.05) is 24.3 Å². The largest absolute Gasteiger partial charge is 0.372 e. The third-order valence-electron chi connectivity index (χ3n) is 2.01. The van der Waals surface area contributed by atoms with Crippen molar-refractivity contribution >= 4 is 11.0 Å². The van der Waals surface area contributed by atoms with Gasteiger partial charge in [-0.05, 0) is 12.1 Å². The minimum atomic E-state index is -0.688. The summed E-state index contributed by atoms with van der Waals surface area (Å²) in [4.78, 5) is 4.14. The van der Waals surface area contributed by atoms with E-state index in [1.54, 1.807) is 10.9 Å². The molecular weight excluding hydrogens is 166 g/mol. The molecule has 0 aliphatic heterocycles. The predicted octanol–water partition coefficient (Wildman–Crippen LogP) is 0.486. The van der Waals surface area contributed by atoms with E-state index in [1.165, 1.54) is 0 Å². The molecule has 4 nitrogen and oxygen atoms in total. The number of aliphatic hydroxyl groups is 1. The van der Waals surface area contributed by atoms with Gasteiger partial charge in [-0.25, -0.2) is 4.98 Å². The molecule has 1 unspecified atom stereocenters. The van der Waals surface area contributed by atoms with Gasteiger partial charge in [0.15, 0.2) is 0 Å². The summed E-state index contributed by atoms with van der Waals surface area (Å²) in [5.41, 5.74) is 7.13. The molecule has 0 aliphatic rings. The minimum Gasteiger partial charge on any atom is -0.372 e. The van der Waals surface area contributed by atoms with Gasteiger partial charge < -0.3 is 15.4 Å². The maximum absolute atomic E-state index is 9.51. The summed E-state index contributed by atoms with van der Waals surface area (Å²) in [6, 6.07) is 7.62. The number of aliphatic hydroxyl groups excluding tert-OH is 1. The molecule has 0 fully saturated rings. The highest BCUT2D eigenvalue weighted by Crippen LogP contribution is 2.14. The van der Waals surface area contributed by atoms with Crippen molar-refractivity contribution in [3.8, 4) is 0 Å². The quantitative estimate of drug-likeness (QED) is 0.701. The number of rotatable bonds is 2. The number of benzene rings is 1. The first-order valence-electron chi connectivity index (χ1n) is 4.12. The highest BCUT2D eigenvalue weighted by Gasteiger charge is 2.07. The van der Waals surface area contributed by atoms with Crippen molar-refractivity contribution in [3.05, 3.63) is 30.6 Å². The van der Waals surface area contributed by atoms with Gasteiger partial charge in [0.25, 0.3) is 0 Å². The number of para-hydroxylation sites is 2. The van der Waals surface area contributed by atoms with Crippen molar-refractivity contribution in [2.45, 2.75) is 6.23 Å². The second kappa shape index (κ2) is 3.16. The molecule has 0 spiro atoms. The lowest BCUT2D eigenvalue weighted by molar-refractivity contribution is 0.117. The molecule has 3 N–H and O–H groups in total. The van der Waals surface area contributed by atoms with Crippen LogP contribution in [0.3, 0.4) is 0 Å². The van der Waals surface area contributed by atoms with Crippen LogP contribution in [-0.2, 0) is 0 Å². The lowest BCUT2D eigenvalue weighted by atomic mass is 10.3. The average molecular weight is 177 g/mol. The van der Waals surface area contributed by atoms with E-state index in [-0.39, 0.29) is 6.54 Å². The van der Waals surface area contributed by atoms with Crippen molar-refractivity contribution in [2.24, 2.45) is 5.73 Å². The second-order valence-corrected chi connectivity index (χ2v) is 2.86. The lowest BCUT2D eigenvalue weighted by Gasteiger charge is -2.09. The summed E-state index contributed by atoms with van der Waals surface area (Å²) in [6.45, 7) is 0.195. The standard InChI is InChI=1S/C9H11N3O/c10-5-9(13)12-6-11-7-3-1-2-4-8(7)12/h1-4,6,9,13H,5,10H2. The molecule has 0 saturated heterocycles. The van der Waals surface area contributed by atoms with Gasteiger partial charge in [-0.1, -0.05) is 12.1 Å². The van der Waals surface area contributed by atoms with Crippen LogP contribution in [0, 0.1) is 0 Å². The summed E-state index contributed by atoms with van der Waals surface area (Å²) in [6.07, 6.45) is 0.912. The smallest absolute Gasteiger partial charge is 0.144 e. The number of hydrogen-bond acceptors (Lipinski definition) is 3. The van der Waals surface area contributed by atoms with E-state index in [0.29, 0.717) is 0 Å². The molecule has 2 rings (SSSR count). The van der Waals surface area contributed by atoms with Crippen LogP contribution >= 0.6 is 0 Å². The van der Waals surface area contributed by atoms with Crippen molar-refractivity contribution in [1.82, 2.24) is 9.55 Å². The molecule has 1 heterocycles. The summed E-state index contributed by atoms with van der Waals surface area (Å²) in [5, 5.41) is 9.51. The zero-order valence-electron chi connectivity index (χ0n) is 7.09. The summed E-state index contributed by atoms with van der Waals surface area (Å²) in [7, 11) is 0. The SMILES string of the molecule is NCC(O)n1cnc2ccccc21. The summed E-state index contributed by atoms with van der Waals surface area (Å²) < 4.78 is 1.66. The Balaban J connectivity index is 2.57. The Morgan fingerprint density at radius 2 is 2.23 bits per heavy atom. The van der Waals surface area contributed by atoms with E-state index >= 15 is 0 Å². The number of hydrogen-bond donors (Lipinski definition) is 2. The first-order chi connectivity index (χ1) is 6.33. The molecule has 0 amide bonds. The fraction of sp³-hybridized carbons (Fsp3) is 0.222. The number of nitrogens with two attached hydrogens (primary N) is 1. The molecule has 68 valence electrons. The molecule has 0 radical (unpaired) electrons. The fourth-order valence-electron chi connectivity index (χ4n) is 1.33. The fourth-order valence-corrected chi connectivity index (χ4v) is 1.33. The number of fused-ring (bicyclic) bond motifs is 1. The minimum absolute atomic E-state index is 0.195. The number of imidazole rings is 1. The first-order valence-corrected chi connectivity index (χ1v) is 4.12. The van der Waals surface area contributed by atoms with E-state index in [9.17, 15) is 5.11 Å². The average Bonchev–Trinajstić information content (AvgIpc) is 2.60. The molecular formula is C9H11N3O. The Morgan fingerprint density at radius 1 is 1.46 bits per heavy atom. The molecule has 0 aliphatic carbocycles. The van der Waals surface area contributed by atoms with Crippen LogP contribution in [0.15, 0.2) is 30.6 Å². The zero-order valence-corrected chi connectivity index (χ0v) is 7.09. The van der Waals surface area contributed by atoms with Crippen LogP contribution in [0.1, 0.15) is 6.23 Å². The van der Waals surface area contributed by atoms with Gasteiger partial charge in [-0.15, -0.1) is 0 Å². The van der Waals surface area contributed by atoms with Crippen LogP contribution in [0.2, 0.25) is 0 Å². The second-order valence-electron chi connectivity index (χ2n) is 2.86. The van der Waals surface area contributed by atoms with Gasteiger partial charge in [0.2, 0.25) is 0 Å². The molecule has 13 heavy (non-hydrogen) atoms. The maximum atomic E-state index is 9.51. The third kappa shape index (κ3) is 1.30. The van der Waals surface area contributed by atoms with Crippen LogP contribution in [0.5, 0.6) is 0 Å². The highest BCUT2D eigenvalue weighted by molar-refractivity contribution is 5.75. The van der Waals surface area contributed by atoms with Gasteiger partial charge in [-0.3, -0.25) is 0 Å². The van der Waals surface area contributed by atoms with E-state index in [2.05, 4.69) is 4.98 Å². The van der Waals surface area contributed by atoms with Gasteiger partial charge >= 0.3 is 0 Å². The Labute approximate surface area is 75.6 Å². The highest BCUT2D eigenvalue weighted by atomic mass is 16.3. The summed E-state index contributed by atoms with van der Waals surface area (Å²) in [5.74, 6) is 0. The molecule has 2 aromatic rings. The van der Waals surface area contributed by atoms with Crippen molar-refractivity contribution < 1.29 is 5.11 Å². The van der Waals surface area contributed by atoms with Gasteiger partial charge in [-0.2, -0.15) is 0 Å². The topological polar surface area (TPSA) is 64.1 Å². The normalized spacial score (nSPS) is 13.4. The molecule has 1 aromatic carbocycles. The van der Waals surface area contributed by atoms with Crippen LogP contribution in [0.25, 0.3) is 11.0 Å². The molecule has 4 heteroatoms. The maximum Gasteiger partial charge on any atom is 0.144 e. The van der Waals surface area contributed by atoms with Crippen LogP contribution in [0.4, 0.5) is 0 Å². The number of aromatic nitrogens is 2. The van der Waals surface area contributed by atoms with Gasteiger partial charge in [0, 0.05) is 6.54 Å². The molecule has 0 bridgehead atoms. The lowest BCUT2D eigenvalue weighted by Crippen LogP contribution is -2.17. The summed E-state index contributed by atoms with van der Waals surface area (Å²) >= 11 is 0. The van der Waals surface area contributed by atoms with E-state index in [0.717, 1.165) is 11.0 Å². The predicted molar refractivity (Wildman–Crippen MR) is 50.0 cm³/mol. The Kier molecular flexibility index (Phi) is 2.00. The van der Waals surface area contributed by atoms with E-state index < -0.39 is 6.23 Å². The van der Waals surface area contributed by atoms with Gasteiger partial charge in [0.05, 0.1) is 17.4 Å². The Hall–Kier alpha value is -1.39. The van der Waals surface area contributed by atoms with E-state index in [4.69, 9.17) is 5.73 Å². The first kappa shape index (κ1) is 8.22. The third-order valence-corrected chi connectivity index (χ3v) is 2.01. The van der Waals surface area contributed by atoms with Crippen LogP contribution in [-0.4, -0.2) is 21.2 Å². The van der Waals surface area contributed by atoms with Crippen molar-refractivity contribution in [3.63, 3.8) is 0 Å².